The first kappa shape index (κ1) is 14.2. The fraction of sp³-hybridized carbons (Fsp3) is 0.462. The Morgan fingerprint density at radius 2 is 2.00 bits per heavy atom. The highest BCUT2D eigenvalue weighted by Crippen LogP contribution is 2.13. The molecular weight excluding hydrogens is 232 g/mol. The fourth-order valence-electron chi connectivity index (χ4n) is 1.29. The number of amides is 1. The van der Waals surface area contributed by atoms with Gasteiger partial charge in [0.2, 0.25) is 0 Å². The van der Waals surface area contributed by atoms with Gasteiger partial charge in [-0.05, 0) is 26.8 Å². The third-order valence-corrected chi connectivity index (χ3v) is 2.03. The summed E-state index contributed by atoms with van der Waals surface area (Å²) in [5.41, 5.74) is 0.364. The molecule has 1 amide bonds. The van der Waals surface area contributed by atoms with Crippen LogP contribution in [-0.2, 0) is 4.74 Å². The average molecular weight is 250 g/mol. The van der Waals surface area contributed by atoms with Gasteiger partial charge < -0.3 is 4.74 Å². The second-order valence-electron chi connectivity index (χ2n) is 4.87. The van der Waals surface area contributed by atoms with Crippen LogP contribution in [0.3, 0.4) is 0 Å². The Morgan fingerprint density at radius 1 is 1.33 bits per heavy atom. The number of carbonyl (C=O) groups is 2. The molecule has 0 radical (unpaired) electrons. The van der Waals surface area contributed by atoms with Gasteiger partial charge in [0.05, 0.1) is 11.9 Å². The molecule has 0 aliphatic carbocycles. The number of pyridine rings is 1. The molecule has 98 valence electrons. The first-order valence-electron chi connectivity index (χ1n) is 5.80. The van der Waals surface area contributed by atoms with Crippen molar-refractivity contribution in [1.29, 1.82) is 0 Å². The number of rotatable bonds is 3. The largest absolute Gasteiger partial charge is 0.444 e. The van der Waals surface area contributed by atoms with Crippen molar-refractivity contribution in [2.24, 2.45) is 0 Å². The molecule has 0 saturated carbocycles. The molecule has 0 atom stereocenters. The van der Waals surface area contributed by atoms with Gasteiger partial charge >= 0.3 is 6.09 Å². The van der Waals surface area contributed by atoms with Gasteiger partial charge in [0.1, 0.15) is 5.60 Å². The lowest BCUT2D eigenvalue weighted by atomic mass is 10.1. The Hall–Kier alpha value is -1.91. The Kier molecular flexibility index (Phi) is 4.42. The van der Waals surface area contributed by atoms with Gasteiger partial charge in [0.15, 0.2) is 5.78 Å². The molecule has 0 spiro atoms. The molecule has 0 aliphatic rings. The summed E-state index contributed by atoms with van der Waals surface area (Å²) in [7, 11) is 0. The van der Waals surface area contributed by atoms with Gasteiger partial charge in [-0.2, -0.15) is 0 Å². The minimum Gasteiger partial charge on any atom is -0.444 e. The smallest absolute Gasteiger partial charge is 0.412 e. The highest BCUT2D eigenvalue weighted by Gasteiger charge is 2.16. The molecule has 1 aromatic heterocycles. The van der Waals surface area contributed by atoms with E-state index in [0.717, 1.165) is 0 Å². The summed E-state index contributed by atoms with van der Waals surface area (Å²) >= 11 is 0. The maximum absolute atomic E-state index is 11.5. The van der Waals surface area contributed by atoms with E-state index in [1.807, 2.05) is 0 Å². The van der Waals surface area contributed by atoms with Crippen LogP contribution >= 0.6 is 0 Å². The highest BCUT2D eigenvalue weighted by molar-refractivity contribution is 5.97. The zero-order chi connectivity index (χ0) is 13.8. The summed E-state index contributed by atoms with van der Waals surface area (Å²) in [6.07, 6.45) is 2.78. The van der Waals surface area contributed by atoms with Gasteiger partial charge in [-0.25, -0.2) is 4.79 Å². The first-order valence-corrected chi connectivity index (χ1v) is 5.80. The number of carbonyl (C=O) groups excluding carboxylic acids is 2. The Balaban J connectivity index is 2.74. The molecule has 1 rings (SSSR count). The lowest BCUT2D eigenvalue weighted by molar-refractivity contribution is 0.0635. The van der Waals surface area contributed by atoms with E-state index < -0.39 is 11.7 Å². The van der Waals surface area contributed by atoms with E-state index in [0.29, 0.717) is 17.7 Å². The second-order valence-corrected chi connectivity index (χ2v) is 4.87. The molecule has 1 N–H and O–H groups in total. The normalized spacial score (nSPS) is 10.9. The van der Waals surface area contributed by atoms with Gasteiger partial charge in [-0.3, -0.25) is 15.1 Å². The summed E-state index contributed by atoms with van der Waals surface area (Å²) in [5, 5.41) is 2.54. The summed E-state index contributed by atoms with van der Waals surface area (Å²) in [4.78, 5) is 26.9. The zero-order valence-corrected chi connectivity index (χ0v) is 11.1. The maximum Gasteiger partial charge on any atom is 0.412 e. The minimum atomic E-state index is -0.564. The molecule has 18 heavy (non-hydrogen) atoms. The van der Waals surface area contributed by atoms with Crippen molar-refractivity contribution in [3.05, 3.63) is 24.0 Å². The molecule has 0 saturated heterocycles. The number of aromatic nitrogens is 1. The molecule has 0 bridgehead atoms. The minimum absolute atomic E-state index is 0.0182. The molecule has 1 heterocycles. The number of ketones is 1. The van der Waals surface area contributed by atoms with Crippen molar-refractivity contribution in [3.8, 4) is 0 Å². The van der Waals surface area contributed by atoms with E-state index in [2.05, 4.69) is 10.3 Å². The van der Waals surface area contributed by atoms with Crippen LogP contribution < -0.4 is 5.32 Å². The molecule has 0 aliphatic heterocycles. The van der Waals surface area contributed by atoms with E-state index >= 15 is 0 Å². The lowest BCUT2D eigenvalue weighted by Crippen LogP contribution is -2.27. The van der Waals surface area contributed by atoms with Crippen molar-refractivity contribution in [1.82, 2.24) is 4.98 Å². The van der Waals surface area contributed by atoms with Crippen LogP contribution in [0, 0.1) is 0 Å². The van der Waals surface area contributed by atoms with Gasteiger partial charge in [-0.1, -0.05) is 6.92 Å². The van der Waals surface area contributed by atoms with Crippen LogP contribution in [0.25, 0.3) is 0 Å². The average Bonchev–Trinajstić information content (AvgIpc) is 2.25. The van der Waals surface area contributed by atoms with Crippen LogP contribution in [0.15, 0.2) is 18.5 Å². The topological polar surface area (TPSA) is 68.3 Å². The summed E-state index contributed by atoms with van der Waals surface area (Å²) in [6.45, 7) is 7.11. The molecule has 0 fully saturated rings. The van der Waals surface area contributed by atoms with Crippen molar-refractivity contribution in [2.75, 3.05) is 5.32 Å². The van der Waals surface area contributed by atoms with Crippen LogP contribution in [0.1, 0.15) is 44.5 Å². The summed E-state index contributed by atoms with van der Waals surface area (Å²) in [6, 6.07) is 1.59. The molecule has 0 aromatic carbocycles. The lowest BCUT2D eigenvalue weighted by Gasteiger charge is -2.19. The number of Topliss-reactive ketones (excluding diaryl/α,β-unsaturated/α-hetero) is 1. The van der Waals surface area contributed by atoms with Crippen LogP contribution in [-0.4, -0.2) is 22.5 Å². The van der Waals surface area contributed by atoms with E-state index in [-0.39, 0.29) is 5.78 Å². The predicted molar refractivity (Wildman–Crippen MR) is 68.7 cm³/mol. The van der Waals surface area contributed by atoms with Crippen molar-refractivity contribution in [2.45, 2.75) is 39.7 Å². The monoisotopic (exact) mass is 250 g/mol. The Bertz CT molecular complexity index is 450. The maximum atomic E-state index is 11.5. The van der Waals surface area contributed by atoms with Gasteiger partial charge in [0, 0.05) is 18.2 Å². The number of hydrogen-bond acceptors (Lipinski definition) is 4. The molecular formula is C13H18N2O3. The van der Waals surface area contributed by atoms with E-state index in [1.165, 1.54) is 12.4 Å². The SMILES string of the molecule is CCC(=O)c1cncc(NC(=O)OC(C)(C)C)c1. The van der Waals surface area contributed by atoms with E-state index in [1.54, 1.807) is 33.8 Å². The van der Waals surface area contributed by atoms with Crippen molar-refractivity contribution >= 4 is 17.6 Å². The second kappa shape index (κ2) is 5.62. The van der Waals surface area contributed by atoms with Crippen LogP contribution in [0.4, 0.5) is 10.5 Å². The number of nitrogens with zero attached hydrogens (tertiary/aromatic N) is 1. The Morgan fingerprint density at radius 3 is 2.56 bits per heavy atom. The number of hydrogen-bond donors (Lipinski definition) is 1. The Labute approximate surface area is 107 Å². The van der Waals surface area contributed by atoms with E-state index in [9.17, 15) is 9.59 Å². The highest BCUT2D eigenvalue weighted by atomic mass is 16.6. The number of nitrogens with one attached hydrogen (secondary N) is 1. The molecule has 1 aromatic rings. The van der Waals surface area contributed by atoms with Crippen LogP contribution in [0.2, 0.25) is 0 Å². The quantitative estimate of drug-likeness (QED) is 0.837. The zero-order valence-electron chi connectivity index (χ0n) is 11.1. The van der Waals surface area contributed by atoms with Crippen molar-refractivity contribution < 1.29 is 14.3 Å². The van der Waals surface area contributed by atoms with Gasteiger partial charge in [0.25, 0.3) is 0 Å². The number of ether oxygens (including phenoxy) is 1. The third kappa shape index (κ3) is 4.53. The molecule has 5 heteroatoms. The standard InChI is InChI=1S/C13H18N2O3/c1-5-11(16)9-6-10(8-14-7-9)15-12(17)18-13(2,3)4/h6-8H,5H2,1-4H3,(H,15,17). The molecule has 0 unspecified atom stereocenters. The number of anilines is 1. The fourth-order valence-corrected chi connectivity index (χ4v) is 1.29. The summed E-state index contributed by atoms with van der Waals surface area (Å²) in [5.74, 6) is -0.0182. The van der Waals surface area contributed by atoms with E-state index in [4.69, 9.17) is 4.74 Å². The molecule has 5 nitrogen and oxygen atoms in total. The predicted octanol–water partition coefficient (Wildman–Crippen LogP) is 3.02. The summed E-state index contributed by atoms with van der Waals surface area (Å²) < 4.78 is 5.11. The first-order chi connectivity index (χ1) is 8.31. The third-order valence-electron chi connectivity index (χ3n) is 2.03. The van der Waals surface area contributed by atoms with Crippen LogP contribution in [0.5, 0.6) is 0 Å². The van der Waals surface area contributed by atoms with Gasteiger partial charge in [-0.15, -0.1) is 0 Å². The van der Waals surface area contributed by atoms with Crippen molar-refractivity contribution in [3.63, 3.8) is 0 Å².